The van der Waals surface area contributed by atoms with Gasteiger partial charge < -0.3 is 0 Å². The van der Waals surface area contributed by atoms with Crippen molar-refractivity contribution in [2.75, 3.05) is 5.88 Å². The van der Waals surface area contributed by atoms with Crippen LogP contribution in [-0.2, 0) is 9.59 Å². The molecule has 0 aliphatic heterocycles. The predicted molar refractivity (Wildman–Crippen MR) is 24.6 cm³/mol. The van der Waals surface area contributed by atoms with Crippen molar-refractivity contribution in [2.45, 2.75) is 0 Å². The molecule has 39 valence electrons. The molecule has 0 saturated heterocycles. The third-order valence-electron chi connectivity index (χ3n) is 0.312. The summed E-state index contributed by atoms with van der Waals surface area (Å²) in [6.45, 7) is 0. The molecule has 1 radical (unpaired) electrons. The Kier molecular flexibility index (Phi) is 3.32. The van der Waals surface area contributed by atoms with E-state index in [-0.39, 0.29) is 5.88 Å². The van der Waals surface area contributed by atoms with Crippen molar-refractivity contribution in [2.24, 2.45) is 0 Å². The number of carbonyl (C=O) groups excluding carboxylic acids is 2. The van der Waals surface area contributed by atoms with E-state index >= 15 is 0 Å². The number of rotatable bonds is 2. The SMILES string of the molecule is O=[C]NC(=O)CCl. The van der Waals surface area contributed by atoms with E-state index in [1.54, 1.807) is 5.32 Å². The monoisotopic (exact) mass is 120 g/mol. The van der Waals surface area contributed by atoms with Crippen molar-refractivity contribution in [1.29, 1.82) is 0 Å². The summed E-state index contributed by atoms with van der Waals surface area (Å²) in [5.74, 6) is -0.730. The van der Waals surface area contributed by atoms with E-state index in [0.29, 0.717) is 0 Å². The smallest absolute Gasteiger partial charge is 0.287 e. The lowest BCUT2D eigenvalue weighted by molar-refractivity contribution is -0.117. The van der Waals surface area contributed by atoms with Crippen LogP contribution >= 0.6 is 11.6 Å². The number of amides is 2. The summed E-state index contributed by atoms with van der Waals surface area (Å²) in [6.07, 6.45) is 1.18. The molecule has 3 nitrogen and oxygen atoms in total. The summed E-state index contributed by atoms with van der Waals surface area (Å²) in [6, 6.07) is 0. The molecule has 0 aromatic rings. The Hall–Kier alpha value is -0.570. The van der Waals surface area contributed by atoms with Gasteiger partial charge >= 0.3 is 6.41 Å². The minimum absolute atomic E-state index is 0.199. The van der Waals surface area contributed by atoms with Crippen LogP contribution in [0.15, 0.2) is 0 Å². The van der Waals surface area contributed by atoms with Crippen LogP contribution in [0.2, 0.25) is 0 Å². The lowest BCUT2D eigenvalue weighted by Gasteiger charge is -1.83. The minimum Gasteiger partial charge on any atom is -0.287 e. The van der Waals surface area contributed by atoms with Crippen molar-refractivity contribution < 1.29 is 9.59 Å². The van der Waals surface area contributed by atoms with Gasteiger partial charge in [-0.05, 0) is 0 Å². The fourth-order valence-corrected chi connectivity index (χ4v) is 0.157. The van der Waals surface area contributed by atoms with E-state index in [2.05, 4.69) is 0 Å². The zero-order valence-corrected chi connectivity index (χ0v) is 4.16. The highest BCUT2D eigenvalue weighted by Crippen LogP contribution is 1.69. The molecule has 1 N–H and O–H groups in total. The number of alkyl halides is 1. The average Bonchev–Trinajstić information content (AvgIpc) is 1.68. The summed E-state index contributed by atoms with van der Waals surface area (Å²) >= 11 is 4.94. The first kappa shape index (κ1) is 6.43. The number of nitrogens with one attached hydrogen (secondary N) is 1. The molecule has 0 bridgehead atoms. The number of carbonyl (C=O) groups is 1. The Labute approximate surface area is 45.6 Å². The van der Waals surface area contributed by atoms with Crippen molar-refractivity contribution >= 4 is 23.9 Å². The largest absolute Gasteiger partial charge is 0.316 e. The molecule has 0 unspecified atom stereocenters. The molecule has 0 rings (SSSR count). The Bertz CT molecular complexity index is 83.0. The van der Waals surface area contributed by atoms with Crippen LogP contribution in [0.1, 0.15) is 0 Å². The topological polar surface area (TPSA) is 46.2 Å². The Morgan fingerprint density at radius 3 is 2.57 bits per heavy atom. The molecule has 0 fully saturated rings. The predicted octanol–water partition coefficient (Wildman–Crippen LogP) is -0.591. The van der Waals surface area contributed by atoms with Crippen LogP contribution in [0.25, 0.3) is 0 Å². The quantitative estimate of drug-likeness (QED) is 0.391. The summed E-state index contributed by atoms with van der Waals surface area (Å²) in [7, 11) is 0. The Morgan fingerprint density at radius 1 is 1.86 bits per heavy atom. The number of imide groups is 1. The maximum absolute atomic E-state index is 9.91. The number of hydrogen-bond donors (Lipinski definition) is 1. The zero-order chi connectivity index (χ0) is 5.70. The van der Waals surface area contributed by atoms with Gasteiger partial charge in [0.25, 0.3) is 0 Å². The second-order valence-electron chi connectivity index (χ2n) is 0.784. The normalized spacial score (nSPS) is 7.57. The fourth-order valence-electron chi connectivity index (χ4n) is 0.0903. The van der Waals surface area contributed by atoms with E-state index in [1.165, 1.54) is 6.41 Å². The van der Waals surface area contributed by atoms with Crippen LogP contribution in [0.3, 0.4) is 0 Å². The highest BCUT2D eigenvalue weighted by atomic mass is 35.5. The zero-order valence-electron chi connectivity index (χ0n) is 3.40. The van der Waals surface area contributed by atoms with E-state index < -0.39 is 5.91 Å². The van der Waals surface area contributed by atoms with Gasteiger partial charge in [0.05, 0.1) is 0 Å². The summed E-state index contributed by atoms with van der Waals surface area (Å²) < 4.78 is 0. The highest BCUT2D eigenvalue weighted by Gasteiger charge is 1.91. The maximum atomic E-state index is 9.91. The molecular weight excluding hydrogens is 117 g/mol. The molecule has 0 saturated carbocycles. The second-order valence-corrected chi connectivity index (χ2v) is 1.05. The summed E-state index contributed by atoms with van der Waals surface area (Å²) in [4.78, 5) is 19.2. The molecule has 7 heavy (non-hydrogen) atoms. The lowest BCUT2D eigenvalue weighted by atomic mass is 10.7. The molecular formula is C3H3ClNO2. The van der Waals surface area contributed by atoms with Gasteiger partial charge in [0.1, 0.15) is 5.88 Å². The first-order valence-electron chi connectivity index (χ1n) is 1.53. The van der Waals surface area contributed by atoms with Crippen LogP contribution in [0.5, 0.6) is 0 Å². The standard InChI is InChI=1S/C3H3ClNO2/c4-1-3(7)5-2-6/h1H2,(H,5,6,7). The highest BCUT2D eigenvalue weighted by molar-refractivity contribution is 6.27. The van der Waals surface area contributed by atoms with Crippen molar-refractivity contribution in [1.82, 2.24) is 5.32 Å². The van der Waals surface area contributed by atoms with E-state index in [0.717, 1.165) is 0 Å². The molecule has 0 aliphatic rings. The minimum atomic E-state index is -0.531. The van der Waals surface area contributed by atoms with Gasteiger partial charge in [-0.2, -0.15) is 0 Å². The molecule has 0 spiro atoms. The average molecular weight is 121 g/mol. The van der Waals surface area contributed by atoms with Crippen LogP contribution < -0.4 is 5.32 Å². The van der Waals surface area contributed by atoms with Gasteiger partial charge in [-0.1, -0.05) is 0 Å². The Morgan fingerprint density at radius 2 is 2.43 bits per heavy atom. The van der Waals surface area contributed by atoms with E-state index in [4.69, 9.17) is 11.6 Å². The van der Waals surface area contributed by atoms with Gasteiger partial charge in [0.15, 0.2) is 0 Å². The van der Waals surface area contributed by atoms with E-state index in [9.17, 15) is 9.59 Å². The van der Waals surface area contributed by atoms with Crippen LogP contribution in [-0.4, -0.2) is 18.2 Å². The van der Waals surface area contributed by atoms with Crippen molar-refractivity contribution in [3.63, 3.8) is 0 Å². The molecule has 0 atom stereocenters. The molecule has 0 heterocycles. The van der Waals surface area contributed by atoms with Gasteiger partial charge in [-0.15, -0.1) is 11.6 Å². The Balaban J connectivity index is 3.17. The molecule has 4 heteroatoms. The third-order valence-corrected chi connectivity index (χ3v) is 0.555. The van der Waals surface area contributed by atoms with Crippen molar-refractivity contribution in [3.8, 4) is 0 Å². The second kappa shape index (κ2) is 3.61. The van der Waals surface area contributed by atoms with Gasteiger partial charge in [0.2, 0.25) is 5.91 Å². The number of halogens is 1. The molecule has 2 amide bonds. The molecule has 0 aromatic carbocycles. The van der Waals surface area contributed by atoms with Gasteiger partial charge in [-0.25, -0.2) is 0 Å². The van der Waals surface area contributed by atoms with Crippen LogP contribution in [0, 0.1) is 0 Å². The van der Waals surface area contributed by atoms with Gasteiger partial charge in [-0.3, -0.25) is 14.9 Å². The lowest BCUT2D eigenvalue weighted by Crippen LogP contribution is -2.21. The fraction of sp³-hybridized carbons (Fsp3) is 0.333. The molecule has 0 aromatic heterocycles. The van der Waals surface area contributed by atoms with Crippen LogP contribution in [0.4, 0.5) is 0 Å². The molecule has 0 aliphatic carbocycles. The van der Waals surface area contributed by atoms with E-state index in [1.807, 2.05) is 0 Å². The third kappa shape index (κ3) is 3.26. The summed E-state index contributed by atoms with van der Waals surface area (Å²) in [5, 5.41) is 1.72. The number of hydrogen-bond acceptors (Lipinski definition) is 2. The summed E-state index contributed by atoms with van der Waals surface area (Å²) in [5.41, 5.74) is 0. The first-order chi connectivity index (χ1) is 3.31. The maximum Gasteiger partial charge on any atom is 0.316 e. The van der Waals surface area contributed by atoms with Crippen molar-refractivity contribution in [3.05, 3.63) is 0 Å². The first-order valence-corrected chi connectivity index (χ1v) is 2.06. The van der Waals surface area contributed by atoms with Gasteiger partial charge in [0, 0.05) is 0 Å².